The maximum Gasteiger partial charge on any atom is 0.338 e. The van der Waals surface area contributed by atoms with Crippen molar-refractivity contribution in [1.29, 1.82) is 0 Å². The molecule has 1 fully saturated rings. The van der Waals surface area contributed by atoms with Crippen molar-refractivity contribution in [2.75, 3.05) is 20.1 Å². The molecule has 9 heteroatoms. The smallest absolute Gasteiger partial charge is 0.338 e. The number of hydrogen-bond acceptors (Lipinski definition) is 5. The Kier molecular flexibility index (Phi) is 5.23. The van der Waals surface area contributed by atoms with Crippen LogP contribution in [0.25, 0.3) is 22.6 Å². The quantitative estimate of drug-likeness (QED) is 0.517. The van der Waals surface area contributed by atoms with Crippen molar-refractivity contribution in [1.82, 2.24) is 9.88 Å². The summed E-state index contributed by atoms with van der Waals surface area (Å²) in [6.07, 6.45) is -1.38. The number of carbonyl (C=O) groups is 1. The van der Waals surface area contributed by atoms with Crippen molar-refractivity contribution in [3.63, 3.8) is 0 Å². The molecule has 1 aromatic heterocycles. The van der Waals surface area contributed by atoms with Crippen LogP contribution in [0, 0.1) is 0 Å². The van der Waals surface area contributed by atoms with Gasteiger partial charge < -0.3 is 9.15 Å². The lowest BCUT2D eigenvalue weighted by molar-refractivity contribution is -0.104. The first-order valence-electron chi connectivity index (χ1n) is 8.83. The average molecular weight is 441 g/mol. The summed E-state index contributed by atoms with van der Waals surface area (Å²) in [6.45, 7) is -0.0904. The molecular weight excluding hydrogens is 425 g/mol. The fraction of sp³-hybridized carbons (Fsp3) is 0.300. The summed E-state index contributed by atoms with van der Waals surface area (Å²) < 4.78 is 38.5. The first-order chi connectivity index (χ1) is 13.7. The Morgan fingerprint density at radius 2 is 1.97 bits per heavy atom. The average Bonchev–Trinajstić information content (AvgIpc) is 3.02. The molecule has 5 nitrogen and oxygen atoms in total. The largest absolute Gasteiger partial charge is 0.457 e. The van der Waals surface area contributed by atoms with E-state index in [2.05, 4.69) is 4.98 Å². The number of rotatable bonds is 3. The van der Waals surface area contributed by atoms with Crippen LogP contribution in [0.5, 0.6) is 0 Å². The number of fused-ring (bicyclic) bond motifs is 1. The lowest BCUT2D eigenvalue weighted by Gasteiger charge is -2.34. The minimum absolute atomic E-state index is 0.195. The first-order valence-corrected chi connectivity index (χ1v) is 9.58. The number of alkyl halides is 2. The lowest BCUT2D eigenvalue weighted by Crippen LogP contribution is -2.48. The van der Waals surface area contributed by atoms with E-state index in [9.17, 15) is 13.6 Å². The van der Waals surface area contributed by atoms with Gasteiger partial charge in [0, 0.05) is 22.2 Å². The SMILES string of the molecule is CN1CC(OC(=O)c2ccc3nc(-c4cc(Cl)cc(Cl)c4)oc3c2)CC(F)(F)C1. The van der Waals surface area contributed by atoms with Crippen LogP contribution in [0.1, 0.15) is 16.8 Å². The molecule has 152 valence electrons. The maximum absolute atomic E-state index is 13.7. The zero-order chi connectivity index (χ0) is 20.8. The molecule has 1 unspecified atom stereocenters. The number of ether oxygens (including phenoxy) is 1. The van der Waals surface area contributed by atoms with E-state index in [1.807, 2.05) is 0 Å². The van der Waals surface area contributed by atoms with E-state index in [-0.39, 0.29) is 18.7 Å². The lowest BCUT2D eigenvalue weighted by atomic mass is 10.1. The van der Waals surface area contributed by atoms with Gasteiger partial charge in [-0.1, -0.05) is 23.2 Å². The number of halogens is 4. The molecule has 0 radical (unpaired) electrons. The van der Waals surface area contributed by atoms with Crippen LogP contribution in [0.4, 0.5) is 8.78 Å². The van der Waals surface area contributed by atoms with Gasteiger partial charge >= 0.3 is 5.97 Å². The zero-order valence-electron chi connectivity index (χ0n) is 15.3. The van der Waals surface area contributed by atoms with Crippen LogP contribution in [0.2, 0.25) is 10.0 Å². The van der Waals surface area contributed by atoms with Gasteiger partial charge in [0.05, 0.1) is 18.5 Å². The van der Waals surface area contributed by atoms with Gasteiger partial charge in [0.25, 0.3) is 5.92 Å². The van der Waals surface area contributed by atoms with Crippen LogP contribution >= 0.6 is 23.2 Å². The molecule has 0 saturated carbocycles. The molecule has 1 atom stereocenters. The second kappa shape index (κ2) is 7.55. The highest BCUT2D eigenvalue weighted by Gasteiger charge is 2.40. The predicted octanol–water partition coefficient (Wildman–Crippen LogP) is 5.30. The van der Waals surface area contributed by atoms with Crippen molar-refractivity contribution >= 4 is 40.3 Å². The Labute approximate surface area is 175 Å². The predicted molar refractivity (Wildman–Crippen MR) is 106 cm³/mol. The van der Waals surface area contributed by atoms with Gasteiger partial charge in [-0.3, -0.25) is 4.90 Å². The third-order valence-electron chi connectivity index (χ3n) is 4.55. The monoisotopic (exact) mass is 440 g/mol. The summed E-state index contributed by atoms with van der Waals surface area (Å²) in [7, 11) is 1.57. The molecule has 0 N–H and O–H groups in total. The zero-order valence-corrected chi connectivity index (χ0v) is 16.8. The molecule has 0 aliphatic carbocycles. The Morgan fingerprint density at radius 1 is 1.24 bits per heavy atom. The molecule has 2 heterocycles. The molecular formula is C20H16Cl2F2N2O3. The fourth-order valence-corrected chi connectivity index (χ4v) is 3.95. The van der Waals surface area contributed by atoms with Crippen LogP contribution in [0.3, 0.4) is 0 Å². The molecule has 3 aromatic rings. The molecule has 29 heavy (non-hydrogen) atoms. The van der Waals surface area contributed by atoms with Gasteiger partial charge in [-0.2, -0.15) is 0 Å². The van der Waals surface area contributed by atoms with E-state index < -0.39 is 24.4 Å². The van der Waals surface area contributed by atoms with Crippen LogP contribution in [-0.2, 0) is 4.74 Å². The van der Waals surface area contributed by atoms with Gasteiger partial charge in [-0.25, -0.2) is 18.6 Å². The van der Waals surface area contributed by atoms with Crippen molar-refractivity contribution in [2.24, 2.45) is 0 Å². The minimum Gasteiger partial charge on any atom is -0.457 e. The number of likely N-dealkylation sites (tertiary alicyclic amines) is 1. The third kappa shape index (κ3) is 4.52. The van der Waals surface area contributed by atoms with Gasteiger partial charge in [-0.15, -0.1) is 0 Å². The molecule has 2 aromatic carbocycles. The number of likely N-dealkylation sites (N-methyl/N-ethyl adjacent to an activating group) is 1. The summed E-state index contributed by atoms with van der Waals surface area (Å²) >= 11 is 12.0. The van der Waals surface area contributed by atoms with E-state index >= 15 is 0 Å². The Hall–Kier alpha value is -2.22. The number of hydrogen-bond donors (Lipinski definition) is 0. The first kappa shape index (κ1) is 20.1. The van der Waals surface area contributed by atoms with Gasteiger partial charge in [0.1, 0.15) is 11.6 Å². The van der Waals surface area contributed by atoms with Crippen LogP contribution < -0.4 is 0 Å². The van der Waals surface area contributed by atoms with Crippen molar-refractivity contribution < 1.29 is 22.7 Å². The highest BCUT2D eigenvalue weighted by atomic mass is 35.5. The fourth-order valence-electron chi connectivity index (χ4n) is 3.42. The second-order valence-electron chi connectivity index (χ2n) is 7.14. The summed E-state index contributed by atoms with van der Waals surface area (Å²) in [5.74, 6) is -3.28. The number of carbonyl (C=O) groups excluding carboxylic acids is 1. The maximum atomic E-state index is 13.7. The number of aromatic nitrogens is 1. The summed E-state index contributed by atoms with van der Waals surface area (Å²) in [6, 6.07) is 9.51. The molecule has 0 spiro atoms. The number of nitrogens with zero attached hydrogens (tertiary/aromatic N) is 2. The minimum atomic E-state index is -2.89. The topological polar surface area (TPSA) is 55.6 Å². The van der Waals surface area contributed by atoms with Crippen LogP contribution in [-0.4, -0.2) is 48.0 Å². The van der Waals surface area contributed by atoms with Gasteiger partial charge in [-0.05, 0) is 43.4 Å². The Morgan fingerprint density at radius 3 is 2.66 bits per heavy atom. The number of oxazole rings is 1. The highest BCUT2D eigenvalue weighted by Crippen LogP contribution is 2.31. The Bertz CT molecular complexity index is 1070. The van der Waals surface area contributed by atoms with Gasteiger partial charge in [0.15, 0.2) is 5.58 Å². The molecule has 1 aliphatic rings. The number of piperidine rings is 1. The van der Waals surface area contributed by atoms with Crippen LogP contribution in [0.15, 0.2) is 40.8 Å². The van der Waals surface area contributed by atoms with E-state index in [1.54, 1.807) is 31.3 Å². The van der Waals surface area contributed by atoms with E-state index in [0.29, 0.717) is 32.6 Å². The van der Waals surface area contributed by atoms with E-state index in [1.165, 1.54) is 17.0 Å². The van der Waals surface area contributed by atoms with Crippen molar-refractivity contribution in [3.8, 4) is 11.5 Å². The van der Waals surface area contributed by atoms with Gasteiger partial charge in [0.2, 0.25) is 5.89 Å². The molecule has 0 bridgehead atoms. The second-order valence-corrected chi connectivity index (χ2v) is 8.02. The van der Waals surface area contributed by atoms with E-state index in [0.717, 1.165) is 0 Å². The third-order valence-corrected chi connectivity index (χ3v) is 4.99. The van der Waals surface area contributed by atoms with Crippen molar-refractivity contribution in [2.45, 2.75) is 18.4 Å². The Balaban J connectivity index is 1.56. The standard InChI is InChI=1S/C20H16Cl2F2N2O3/c1-26-9-15(8-20(23,24)10-26)28-19(27)11-2-3-16-17(6-11)29-18(25-16)12-4-13(21)7-14(22)5-12/h2-7,15H,8-10H2,1H3. The molecule has 4 rings (SSSR count). The summed E-state index contributed by atoms with van der Waals surface area (Å²) in [4.78, 5) is 18.3. The molecule has 1 aliphatic heterocycles. The normalized spacial score (nSPS) is 19.4. The number of benzene rings is 2. The highest BCUT2D eigenvalue weighted by molar-refractivity contribution is 6.35. The van der Waals surface area contributed by atoms with Crippen molar-refractivity contribution in [3.05, 3.63) is 52.0 Å². The molecule has 0 amide bonds. The van der Waals surface area contributed by atoms with E-state index in [4.69, 9.17) is 32.4 Å². The number of esters is 1. The summed E-state index contributed by atoms with van der Waals surface area (Å²) in [5.41, 5.74) is 1.67. The molecule has 1 saturated heterocycles. The summed E-state index contributed by atoms with van der Waals surface area (Å²) in [5, 5.41) is 0.876.